The predicted octanol–water partition coefficient (Wildman–Crippen LogP) is 4.06. The molecule has 1 nitrogen and oxygen atoms in total. The maximum absolute atomic E-state index is 5.63. The quantitative estimate of drug-likeness (QED) is 0.622. The average molecular weight is 206 g/mol. The Balaban J connectivity index is 0.000000245. The Hall–Kier alpha value is -0.980. The summed E-state index contributed by atoms with van der Waals surface area (Å²) in [5, 5.41) is 0. The number of rotatable bonds is 0. The Morgan fingerprint density at radius 2 is 1.80 bits per heavy atom. The number of hydrogen-bond acceptors (Lipinski definition) is 1. The van der Waals surface area contributed by atoms with Gasteiger partial charge in [0.15, 0.2) is 0 Å². The van der Waals surface area contributed by atoms with Gasteiger partial charge in [-0.25, -0.2) is 0 Å². The van der Waals surface area contributed by atoms with Crippen LogP contribution < -0.4 is 4.74 Å². The van der Waals surface area contributed by atoms with E-state index in [4.69, 9.17) is 4.74 Å². The number of fused-ring (bicyclic) bond motifs is 1. The number of ether oxygens (including phenoxy) is 1. The third kappa shape index (κ3) is 4.37. The monoisotopic (exact) mass is 206 g/mol. The van der Waals surface area contributed by atoms with E-state index in [2.05, 4.69) is 39.8 Å². The summed E-state index contributed by atoms with van der Waals surface area (Å²) < 4.78 is 5.63. The molecule has 1 unspecified atom stereocenters. The number of benzene rings is 1. The van der Waals surface area contributed by atoms with E-state index in [1.54, 1.807) is 0 Å². The molecule has 0 radical (unpaired) electrons. The summed E-state index contributed by atoms with van der Waals surface area (Å²) in [6.07, 6.45) is 2.71. The molecule has 1 aliphatic heterocycles. The summed E-state index contributed by atoms with van der Waals surface area (Å²) in [4.78, 5) is 0. The zero-order valence-electron chi connectivity index (χ0n) is 10.3. The molecule has 15 heavy (non-hydrogen) atoms. The van der Waals surface area contributed by atoms with Gasteiger partial charge in [0.25, 0.3) is 0 Å². The summed E-state index contributed by atoms with van der Waals surface area (Å²) in [7, 11) is 0. The molecule has 0 aromatic heterocycles. The molecule has 1 heteroatoms. The highest BCUT2D eigenvalue weighted by Crippen LogP contribution is 2.26. The fraction of sp³-hybridized carbons (Fsp3) is 0.571. The summed E-state index contributed by atoms with van der Waals surface area (Å²) in [6, 6.07) is 8.28. The number of aryl methyl sites for hydroxylation is 1. The van der Waals surface area contributed by atoms with Crippen molar-refractivity contribution >= 4 is 0 Å². The topological polar surface area (TPSA) is 9.23 Å². The van der Waals surface area contributed by atoms with Crippen LogP contribution in [0, 0.1) is 5.92 Å². The zero-order chi connectivity index (χ0) is 11.3. The van der Waals surface area contributed by atoms with Crippen molar-refractivity contribution in [3.63, 3.8) is 0 Å². The van der Waals surface area contributed by atoms with Crippen LogP contribution in [0.2, 0.25) is 0 Å². The first-order valence-electron chi connectivity index (χ1n) is 5.84. The van der Waals surface area contributed by atoms with E-state index in [9.17, 15) is 0 Å². The standard InChI is InChI=1S/C10H12O.C4H10/c1-8-6-7-9-4-2-3-5-10(9)11-8;1-4(2)3/h2-5,8H,6-7H2,1H3;4H,1-3H3. The molecule has 1 aromatic carbocycles. The van der Waals surface area contributed by atoms with Gasteiger partial charge in [-0.05, 0) is 37.3 Å². The van der Waals surface area contributed by atoms with Gasteiger partial charge in [0.2, 0.25) is 0 Å². The van der Waals surface area contributed by atoms with E-state index >= 15 is 0 Å². The fourth-order valence-electron chi connectivity index (χ4n) is 1.46. The van der Waals surface area contributed by atoms with Crippen LogP contribution >= 0.6 is 0 Å². The summed E-state index contributed by atoms with van der Waals surface area (Å²) in [5.41, 5.74) is 1.35. The molecule has 0 fully saturated rings. The molecule has 1 aromatic rings. The molecule has 1 aliphatic rings. The molecular weight excluding hydrogens is 184 g/mol. The van der Waals surface area contributed by atoms with Crippen LogP contribution in [0.25, 0.3) is 0 Å². The predicted molar refractivity (Wildman–Crippen MR) is 65.4 cm³/mol. The summed E-state index contributed by atoms with van der Waals surface area (Å²) in [6.45, 7) is 8.62. The molecule has 0 saturated heterocycles. The lowest BCUT2D eigenvalue weighted by Gasteiger charge is -2.22. The maximum Gasteiger partial charge on any atom is 0.122 e. The second-order valence-electron chi connectivity index (χ2n) is 4.81. The smallest absolute Gasteiger partial charge is 0.122 e. The largest absolute Gasteiger partial charge is 0.490 e. The van der Waals surface area contributed by atoms with Crippen molar-refractivity contribution in [3.8, 4) is 5.75 Å². The van der Waals surface area contributed by atoms with E-state index in [-0.39, 0.29) is 0 Å². The van der Waals surface area contributed by atoms with Crippen LogP contribution in [0.3, 0.4) is 0 Å². The van der Waals surface area contributed by atoms with Gasteiger partial charge in [0.05, 0.1) is 6.10 Å². The average Bonchev–Trinajstić information content (AvgIpc) is 2.16. The minimum Gasteiger partial charge on any atom is -0.490 e. The molecule has 84 valence electrons. The number of hydrogen-bond donors (Lipinski definition) is 0. The van der Waals surface area contributed by atoms with Crippen LogP contribution in [0.5, 0.6) is 5.75 Å². The van der Waals surface area contributed by atoms with Gasteiger partial charge in [-0.15, -0.1) is 0 Å². The van der Waals surface area contributed by atoms with Gasteiger partial charge in [0.1, 0.15) is 5.75 Å². The maximum atomic E-state index is 5.63. The Morgan fingerprint density at radius 3 is 2.47 bits per heavy atom. The highest BCUT2D eigenvalue weighted by molar-refractivity contribution is 5.34. The minimum atomic E-state index is 0.393. The molecule has 0 spiro atoms. The van der Waals surface area contributed by atoms with Crippen LogP contribution in [-0.4, -0.2) is 6.10 Å². The van der Waals surface area contributed by atoms with E-state index in [0.29, 0.717) is 6.10 Å². The van der Waals surface area contributed by atoms with Crippen molar-refractivity contribution in [1.29, 1.82) is 0 Å². The third-order valence-corrected chi connectivity index (χ3v) is 2.12. The van der Waals surface area contributed by atoms with E-state index in [1.807, 2.05) is 12.1 Å². The SMILES string of the molecule is CC(C)C.CC1CCc2ccccc2O1. The molecule has 1 atom stereocenters. The Kier molecular flexibility index (Phi) is 4.67. The number of para-hydroxylation sites is 1. The van der Waals surface area contributed by atoms with Crippen LogP contribution in [0.4, 0.5) is 0 Å². The van der Waals surface area contributed by atoms with Crippen molar-refractivity contribution in [2.75, 3.05) is 0 Å². The van der Waals surface area contributed by atoms with Gasteiger partial charge >= 0.3 is 0 Å². The first kappa shape index (κ1) is 12.1. The second-order valence-corrected chi connectivity index (χ2v) is 4.81. The van der Waals surface area contributed by atoms with Crippen molar-refractivity contribution in [2.45, 2.75) is 46.6 Å². The zero-order valence-corrected chi connectivity index (χ0v) is 10.3. The first-order chi connectivity index (χ1) is 7.09. The van der Waals surface area contributed by atoms with Gasteiger partial charge in [0, 0.05) is 0 Å². The lowest BCUT2D eigenvalue weighted by atomic mass is 10.0. The van der Waals surface area contributed by atoms with Gasteiger partial charge in [-0.3, -0.25) is 0 Å². The lowest BCUT2D eigenvalue weighted by molar-refractivity contribution is 0.192. The summed E-state index contributed by atoms with van der Waals surface area (Å²) in [5.74, 6) is 1.91. The van der Waals surface area contributed by atoms with Gasteiger partial charge in [-0.1, -0.05) is 39.0 Å². The van der Waals surface area contributed by atoms with Crippen molar-refractivity contribution in [2.24, 2.45) is 5.92 Å². The highest BCUT2D eigenvalue weighted by Gasteiger charge is 2.13. The molecule has 0 saturated carbocycles. The van der Waals surface area contributed by atoms with Crippen LogP contribution in [0.15, 0.2) is 24.3 Å². The minimum absolute atomic E-state index is 0.393. The van der Waals surface area contributed by atoms with Gasteiger partial charge < -0.3 is 4.74 Å². The first-order valence-corrected chi connectivity index (χ1v) is 5.84. The molecule has 0 bridgehead atoms. The highest BCUT2D eigenvalue weighted by atomic mass is 16.5. The molecule has 0 N–H and O–H groups in total. The molecule has 0 amide bonds. The Bertz CT molecular complexity index is 288. The normalized spacial score (nSPS) is 18.6. The Labute approximate surface area is 93.5 Å². The summed E-state index contributed by atoms with van der Waals surface area (Å²) >= 11 is 0. The van der Waals surface area contributed by atoms with Crippen molar-refractivity contribution in [1.82, 2.24) is 0 Å². The molecule has 1 heterocycles. The van der Waals surface area contributed by atoms with E-state index in [1.165, 1.54) is 5.56 Å². The fourth-order valence-corrected chi connectivity index (χ4v) is 1.46. The molecular formula is C14H22O. The molecule has 2 rings (SSSR count). The third-order valence-electron chi connectivity index (χ3n) is 2.12. The van der Waals surface area contributed by atoms with Crippen molar-refractivity contribution in [3.05, 3.63) is 29.8 Å². The second kappa shape index (κ2) is 5.79. The van der Waals surface area contributed by atoms with Crippen LogP contribution in [0.1, 0.15) is 39.7 Å². The lowest BCUT2D eigenvalue weighted by Crippen LogP contribution is -2.18. The van der Waals surface area contributed by atoms with E-state index < -0.39 is 0 Å². The van der Waals surface area contributed by atoms with E-state index in [0.717, 1.165) is 24.5 Å². The Morgan fingerprint density at radius 1 is 1.20 bits per heavy atom. The van der Waals surface area contributed by atoms with Gasteiger partial charge in [-0.2, -0.15) is 0 Å². The molecule has 0 aliphatic carbocycles. The van der Waals surface area contributed by atoms with Crippen molar-refractivity contribution < 1.29 is 4.74 Å². The van der Waals surface area contributed by atoms with Crippen LogP contribution in [-0.2, 0) is 6.42 Å².